The normalized spacial score (nSPS) is 12.7. The van der Waals surface area contributed by atoms with Crippen LogP contribution in [0, 0.1) is 0 Å². The molecule has 136 valence electrons. The average molecular weight is 363 g/mol. The minimum atomic E-state index is -4.71. The number of hydrogen-bond acceptors (Lipinski definition) is 4. The van der Waals surface area contributed by atoms with Gasteiger partial charge in [-0.1, -0.05) is 18.2 Å². The van der Waals surface area contributed by atoms with Gasteiger partial charge in [0.1, 0.15) is 5.60 Å². The van der Waals surface area contributed by atoms with Crippen molar-refractivity contribution in [3.8, 4) is 0 Å². The fourth-order valence-corrected chi connectivity index (χ4v) is 3.14. The Bertz CT molecular complexity index is 640. The van der Waals surface area contributed by atoms with E-state index >= 15 is 0 Å². The zero-order chi connectivity index (χ0) is 18.4. The van der Waals surface area contributed by atoms with Crippen LogP contribution in [0.3, 0.4) is 0 Å². The van der Waals surface area contributed by atoms with E-state index in [9.17, 15) is 22.0 Å². The number of sulfone groups is 1. The molecule has 0 bridgehead atoms. The molecule has 0 aromatic heterocycles. The van der Waals surface area contributed by atoms with Gasteiger partial charge < -0.3 is 10.1 Å². The zero-order valence-corrected chi connectivity index (χ0v) is 14.8. The summed E-state index contributed by atoms with van der Waals surface area (Å²) >= 11 is 0. The predicted octanol–water partition coefficient (Wildman–Crippen LogP) is 3.75. The van der Waals surface area contributed by atoms with Gasteiger partial charge in [0.2, 0.25) is 9.84 Å². The number of amides is 1. The third-order valence-electron chi connectivity index (χ3n) is 3.01. The number of carbonyl (C=O) groups is 1. The summed E-state index contributed by atoms with van der Waals surface area (Å²) < 4.78 is 56.9. The SMILES string of the molecule is CC(C)(C)OC(=O)NCCCCC(F)(F)S(=O)(=O)c1ccccc1. The molecule has 1 rings (SSSR count). The van der Waals surface area contributed by atoms with Gasteiger partial charge in [0.25, 0.3) is 0 Å². The molecule has 1 aromatic carbocycles. The van der Waals surface area contributed by atoms with Gasteiger partial charge in [0.15, 0.2) is 0 Å². The first-order valence-electron chi connectivity index (χ1n) is 7.60. The first-order valence-corrected chi connectivity index (χ1v) is 9.08. The number of carbonyl (C=O) groups excluding carboxylic acids is 1. The molecule has 0 fully saturated rings. The molecule has 1 N–H and O–H groups in total. The van der Waals surface area contributed by atoms with Crippen molar-refractivity contribution in [2.24, 2.45) is 0 Å². The summed E-state index contributed by atoms with van der Waals surface area (Å²) in [5.74, 6) is 0. The topological polar surface area (TPSA) is 72.5 Å². The van der Waals surface area contributed by atoms with Gasteiger partial charge in [0.05, 0.1) is 4.90 Å². The van der Waals surface area contributed by atoms with E-state index in [1.165, 1.54) is 12.1 Å². The zero-order valence-electron chi connectivity index (χ0n) is 14.0. The van der Waals surface area contributed by atoms with E-state index in [0.717, 1.165) is 12.1 Å². The van der Waals surface area contributed by atoms with Crippen LogP contribution in [-0.4, -0.2) is 31.9 Å². The quantitative estimate of drug-likeness (QED) is 0.749. The van der Waals surface area contributed by atoms with Crippen molar-refractivity contribution in [2.45, 2.75) is 55.8 Å². The molecule has 0 radical (unpaired) electrons. The number of hydrogen-bond donors (Lipinski definition) is 1. The van der Waals surface area contributed by atoms with Crippen LogP contribution in [-0.2, 0) is 14.6 Å². The molecule has 1 amide bonds. The standard InChI is InChI=1S/C16H23F2NO4S/c1-15(2,3)23-14(20)19-12-8-7-11-16(17,18)24(21,22)13-9-5-4-6-10-13/h4-6,9-10H,7-8,11-12H2,1-3H3,(H,19,20). The van der Waals surface area contributed by atoms with Gasteiger partial charge in [-0.25, -0.2) is 13.2 Å². The molecule has 0 aliphatic heterocycles. The Labute approximate surface area is 141 Å². The lowest BCUT2D eigenvalue weighted by atomic mass is 10.2. The van der Waals surface area contributed by atoms with Gasteiger partial charge in [-0.3, -0.25) is 0 Å². The van der Waals surface area contributed by atoms with Crippen LogP contribution in [0.25, 0.3) is 0 Å². The van der Waals surface area contributed by atoms with Crippen LogP contribution in [0.4, 0.5) is 13.6 Å². The molecular weight excluding hydrogens is 340 g/mol. The average Bonchev–Trinajstić information content (AvgIpc) is 2.45. The second kappa shape index (κ2) is 7.92. The number of nitrogens with one attached hydrogen (secondary N) is 1. The summed E-state index contributed by atoms with van der Waals surface area (Å²) in [5, 5.41) is -1.41. The summed E-state index contributed by atoms with van der Waals surface area (Å²) in [4.78, 5) is 11.0. The third kappa shape index (κ3) is 6.07. The van der Waals surface area contributed by atoms with Gasteiger partial charge in [0, 0.05) is 13.0 Å². The van der Waals surface area contributed by atoms with E-state index in [1.807, 2.05) is 0 Å². The predicted molar refractivity (Wildman–Crippen MR) is 86.7 cm³/mol. The van der Waals surface area contributed by atoms with Crippen molar-refractivity contribution in [1.29, 1.82) is 0 Å². The lowest BCUT2D eigenvalue weighted by Gasteiger charge is -2.20. The van der Waals surface area contributed by atoms with Crippen LogP contribution in [0.15, 0.2) is 35.2 Å². The number of benzene rings is 1. The van der Waals surface area contributed by atoms with Crippen molar-refractivity contribution in [2.75, 3.05) is 6.54 Å². The fraction of sp³-hybridized carbons (Fsp3) is 0.562. The highest BCUT2D eigenvalue weighted by Gasteiger charge is 2.45. The Kier molecular flexibility index (Phi) is 6.71. The van der Waals surface area contributed by atoms with E-state index in [-0.39, 0.29) is 19.4 Å². The lowest BCUT2D eigenvalue weighted by molar-refractivity contribution is 0.0524. The maximum atomic E-state index is 14.0. The van der Waals surface area contributed by atoms with Crippen molar-refractivity contribution >= 4 is 15.9 Å². The molecule has 0 saturated carbocycles. The molecule has 24 heavy (non-hydrogen) atoms. The number of alkyl carbamates (subject to hydrolysis) is 1. The van der Waals surface area contributed by atoms with E-state index < -0.39 is 38.1 Å². The molecule has 1 aromatic rings. The smallest absolute Gasteiger partial charge is 0.407 e. The first kappa shape index (κ1) is 20.3. The molecule has 0 aliphatic carbocycles. The molecule has 0 heterocycles. The number of alkyl halides is 2. The van der Waals surface area contributed by atoms with Gasteiger partial charge in [-0.2, -0.15) is 8.78 Å². The Balaban J connectivity index is 2.45. The summed E-state index contributed by atoms with van der Waals surface area (Å²) in [5.41, 5.74) is -0.638. The van der Waals surface area contributed by atoms with Crippen LogP contribution in [0.1, 0.15) is 40.0 Å². The minimum absolute atomic E-state index is 0.0468. The monoisotopic (exact) mass is 363 g/mol. The molecule has 0 aliphatic rings. The molecule has 8 heteroatoms. The molecule has 0 unspecified atom stereocenters. The van der Waals surface area contributed by atoms with Crippen molar-refractivity contribution in [1.82, 2.24) is 5.32 Å². The van der Waals surface area contributed by atoms with E-state index in [1.54, 1.807) is 26.8 Å². The fourth-order valence-electron chi connectivity index (χ4n) is 1.87. The number of rotatable bonds is 7. The van der Waals surface area contributed by atoms with E-state index in [2.05, 4.69) is 5.32 Å². The van der Waals surface area contributed by atoms with Crippen molar-refractivity contribution < 1.29 is 26.7 Å². The summed E-state index contributed by atoms with van der Waals surface area (Å²) in [7, 11) is -4.71. The Hall–Kier alpha value is -1.70. The van der Waals surface area contributed by atoms with E-state index in [4.69, 9.17) is 4.74 Å². The second-order valence-corrected chi connectivity index (χ2v) is 8.42. The summed E-state index contributed by atoms with van der Waals surface area (Å²) in [6.07, 6.45) is -1.26. The maximum Gasteiger partial charge on any atom is 0.407 e. The second-order valence-electron chi connectivity index (χ2n) is 6.34. The minimum Gasteiger partial charge on any atom is -0.444 e. The number of ether oxygens (including phenoxy) is 1. The number of unbranched alkanes of at least 4 members (excludes halogenated alkanes) is 1. The highest BCUT2D eigenvalue weighted by molar-refractivity contribution is 7.92. The van der Waals surface area contributed by atoms with Crippen LogP contribution in [0.5, 0.6) is 0 Å². The van der Waals surface area contributed by atoms with Crippen molar-refractivity contribution in [3.63, 3.8) is 0 Å². The Morgan fingerprint density at radius 3 is 2.25 bits per heavy atom. The first-order chi connectivity index (χ1) is 11.0. The summed E-state index contributed by atoms with van der Waals surface area (Å²) in [6.45, 7) is 5.26. The molecular formula is C16H23F2NO4S. The highest BCUT2D eigenvalue weighted by atomic mass is 32.2. The molecule has 0 saturated heterocycles. The van der Waals surface area contributed by atoms with Crippen molar-refractivity contribution in [3.05, 3.63) is 30.3 Å². The van der Waals surface area contributed by atoms with Gasteiger partial charge in [-0.05, 0) is 45.7 Å². The highest BCUT2D eigenvalue weighted by Crippen LogP contribution is 2.33. The van der Waals surface area contributed by atoms with Crippen LogP contribution >= 0.6 is 0 Å². The maximum absolute atomic E-state index is 14.0. The third-order valence-corrected chi connectivity index (χ3v) is 4.89. The van der Waals surface area contributed by atoms with Gasteiger partial charge in [-0.15, -0.1) is 0 Å². The Morgan fingerprint density at radius 2 is 1.71 bits per heavy atom. The van der Waals surface area contributed by atoms with Gasteiger partial charge >= 0.3 is 11.3 Å². The largest absolute Gasteiger partial charge is 0.444 e. The number of halogens is 2. The van der Waals surface area contributed by atoms with Crippen LogP contribution < -0.4 is 5.32 Å². The Morgan fingerprint density at radius 1 is 1.12 bits per heavy atom. The molecule has 0 spiro atoms. The molecule has 0 atom stereocenters. The van der Waals surface area contributed by atoms with E-state index in [0.29, 0.717) is 0 Å². The summed E-state index contributed by atoms with van der Waals surface area (Å²) in [6, 6.07) is 6.64. The lowest BCUT2D eigenvalue weighted by Crippen LogP contribution is -2.33. The van der Waals surface area contributed by atoms with Crippen LogP contribution in [0.2, 0.25) is 0 Å². The molecule has 5 nitrogen and oxygen atoms in total.